The van der Waals surface area contributed by atoms with Crippen LogP contribution in [0, 0.1) is 0 Å². The zero-order chi connectivity index (χ0) is 10.1. The number of rotatable bonds is 1. The van der Waals surface area contributed by atoms with Crippen molar-refractivity contribution in [2.24, 2.45) is 0 Å². The topological polar surface area (TPSA) is 44.1 Å². The van der Waals surface area contributed by atoms with Crippen molar-refractivity contribution in [2.75, 3.05) is 7.11 Å². The van der Waals surface area contributed by atoms with E-state index < -0.39 is 18.0 Å². The molecule has 0 unspecified atom stereocenters. The molecule has 0 amide bonds. The maximum atomic E-state index is 12.1. The molecule has 72 valence electrons. The van der Waals surface area contributed by atoms with Crippen LogP contribution in [0.5, 0.6) is 0 Å². The van der Waals surface area contributed by atoms with Crippen LogP contribution in [0.15, 0.2) is 12.3 Å². The summed E-state index contributed by atoms with van der Waals surface area (Å²) < 4.78 is 40.0. The van der Waals surface area contributed by atoms with Gasteiger partial charge >= 0.3 is 12.3 Å². The van der Waals surface area contributed by atoms with Crippen LogP contribution in [-0.4, -0.2) is 22.9 Å². The van der Waals surface area contributed by atoms with Crippen LogP contribution < -0.4 is 0 Å². The number of methoxy groups -OCH3 is 1. The Morgan fingerprint density at radius 2 is 2.23 bits per heavy atom. The molecule has 0 saturated heterocycles. The quantitative estimate of drug-likeness (QED) is 0.630. The number of halogens is 3. The lowest BCUT2D eigenvalue weighted by atomic mass is 10.4. The van der Waals surface area contributed by atoms with E-state index in [9.17, 15) is 18.0 Å². The number of ether oxygens (including phenoxy) is 1. The summed E-state index contributed by atoms with van der Waals surface area (Å²) in [6.07, 6.45) is -3.83. The molecule has 0 aliphatic rings. The van der Waals surface area contributed by atoms with Gasteiger partial charge in [0.25, 0.3) is 0 Å². The Kier molecular flexibility index (Phi) is 2.26. The van der Waals surface area contributed by atoms with Crippen molar-refractivity contribution in [3.63, 3.8) is 0 Å². The average molecular weight is 194 g/mol. The lowest BCUT2D eigenvalue weighted by Crippen LogP contribution is -2.23. The maximum Gasteiger partial charge on any atom is 0.505 e. The zero-order valence-corrected chi connectivity index (χ0v) is 6.50. The Morgan fingerprint density at radius 3 is 2.69 bits per heavy atom. The van der Waals surface area contributed by atoms with Gasteiger partial charge in [-0.3, -0.25) is 0 Å². The SMILES string of the molecule is COC(=O)c1ccnn1C(F)(F)F. The first-order valence-corrected chi connectivity index (χ1v) is 3.16. The van der Waals surface area contributed by atoms with Crippen LogP contribution in [0.4, 0.5) is 13.2 Å². The Labute approximate surface area is 70.9 Å². The van der Waals surface area contributed by atoms with E-state index in [1.165, 1.54) is 0 Å². The minimum absolute atomic E-state index is 0.348. The second-order valence-corrected chi connectivity index (χ2v) is 2.09. The standard InChI is InChI=1S/C6H5F3N2O2/c1-13-5(12)4-2-3-10-11(4)6(7,8)9/h2-3H,1H3. The largest absolute Gasteiger partial charge is 0.505 e. The molecule has 0 radical (unpaired) electrons. The number of carbonyl (C=O) groups excluding carboxylic acids is 1. The summed E-state index contributed by atoms with van der Waals surface area (Å²) >= 11 is 0. The minimum Gasteiger partial charge on any atom is -0.464 e. The minimum atomic E-state index is -4.70. The van der Waals surface area contributed by atoms with E-state index in [4.69, 9.17) is 0 Å². The molecule has 0 fully saturated rings. The van der Waals surface area contributed by atoms with Gasteiger partial charge in [-0.2, -0.15) is 9.78 Å². The smallest absolute Gasteiger partial charge is 0.464 e. The van der Waals surface area contributed by atoms with Crippen molar-refractivity contribution in [1.29, 1.82) is 0 Å². The first-order valence-electron chi connectivity index (χ1n) is 3.16. The van der Waals surface area contributed by atoms with E-state index >= 15 is 0 Å². The molecule has 0 bridgehead atoms. The molecule has 1 aromatic rings. The van der Waals surface area contributed by atoms with Crippen molar-refractivity contribution in [3.05, 3.63) is 18.0 Å². The Balaban J connectivity index is 3.10. The fourth-order valence-corrected chi connectivity index (χ4v) is 0.765. The third kappa shape index (κ3) is 1.79. The van der Waals surface area contributed by atoms with Crippen molar-refractivity contribution in [1.82, 2.24) is 9.78 Å². The summed E-state index contributed by atoms with van der Waals surface area (Å²) in [5.74, 6) is -1.07. The second kappa shape index (κ2) is 3.08. The second-order valence-electron chi connectivity index (χ2n) is 2.09. The average Bonchev–Trinajstić information content (AvgIpc) is 2.49. The predicted octanol–water partition coefficient (Wildman–Crippen LogP) is 1.15. The molecular weight excluding hydrogens is 189 g/mol. The number of carbonyl (C=O) groups is 1. The molecule has 0 aliphatic heterocycles. The summed E-state index contributed by atoms with van der Waals surface area (Å²) in [6, 6.07) is 0.930. The summed E-state index contributed by atoms with van der Waals surface area (Å²) in [5, 5.41) is 2.95. The van der Waals surface area contributed by atoms with Crippen LogP contribution in [0.25, 0.3) is 0 Å². The monoisotopic (exact) mass is 194 g/mol. The number of alkyl halides is 3. The number of esters is 1. The van der Waals surface area contributed by atoms with Gasteiger partial charge in [-0.1, -0.05) is 0 Å². The lowest BCUT2D eigenvalue weighted by molar-refractivity contribution is -0.213. The normalized spacial score (nSPS) is 11.4. The van der Waals surface area contributed by atoms with E-state index in [1.54, 1.807) is 0 Å². The fraction of sp³-hybridized carbons (Fsp3) is 0.333. The Morgan fingerprint density at radius 1 is 1.62 bits per heavy atom. The molecule has 7 heteroatoms. The van der Waals surface area contributed by atoms with Gasteiger partial charge in [0.2, 0.25) is 0 Å². The van der Waals surface area contributed by atoms with Crippen molar-refractivity contribution in [2.45, 2.75) is 6.30 Å². The maximum absolute atomic E-state index is 12.1. The highest BCUT2D eigenvalue weighted by molar-refractivity contribution is 5.87. The van der Waals surface area contributed by atoms with Crippen molar-refractivity contribution < 1.29 is 22.7 Å². The van der Waals surface area contributed by atoms with Crippen LogP contribution in [0.3, 0.4) is 0 Å². The molecule has 1 aromatic heterocycles. The van der Waals surface area contributed by atoms with E-state index in [0.29, 0.717) is 0 Å². The lowest BCUT2D eigenvalue weighted by Gasteiger charge is -2.08. The fourth-order valence-electron chi connectivity index (χ4n) is 0.765. The van der Waals surface area contributed by atoms with Crippen molar-refractivity contribution >= 4 is 5.97 Å². The van der Waals surface area contributed by atoms with Crippen molar-refractivity contribution in [3.8, 4) is 0 Å². The van der Waals surface area contributed by atoms with E-state index in [-0.39, 0.29) is 4.68 Å². The zero-order valence-electron chi connectivity index (χ0n) is 6.50. The van der Waals surface area contributed by atoms with Crippen LogP contribution in [0.2, 0.25) is 0 Å². The van der Waals surface area contributed by atoms with Gasteiger partial charge < -0.3 is 4.74 Å². The van der Waals surface area contributed by atoms with Gasteiger partial charge in [0, 0.05) is 0 Å². The molecule has 4 nitrogen and oxygen atoms in total. The van der Waals surface area contributed by atoms with Gasteiger partial charge in [-0.25, -0.2) is 4.79 Å². The molecule has 0 N–H and O–H groups in total. The molecular formula is C6H5F3N2O2. The first-order chi connectivity index (χ1) is 5.96. The van der Waals surface area contributed by atoms with Crippen LogP contribution in [0.1, 0.15) is 10.5 Å². The van der Waals surface area contributed by atoms with Crippen LogP contribution in [-0.2, 0) is 11.0 Å². The molecule has 0 atom stereocenters. The molecule has 1 heterocycles. The van der Waals surface area contributed by atoms with Crippen LogP contribution >= 0.6 is 0 Å². The van der Waals surface area contributed by atoms with E-state index in [1.807, 2.05) is 0 Å². The summed E-state index contributed by atoms with van der Waals surface area (Å²) in [6.45, 7) is 0. The number of aromatic nitrogens is 2. The Hall–Kier alpha value is -1.53. The predicted molar refractivity (Wildman–Crippen MR) is 34.9 cm³/mol. The Bertz CT molecular complexity index is 318. The summed E-state index contributed by atoms with van der Waals surface area (Å²) in [4.78, 5) is 10.8. The highest BCUT2D eigenvalue weighted by Crippen LogP contribution is 2.22. The highest BCUT2D eigenvalue weighted by Gasteiger charge is 2.35. The molecule has 0 aliphatic carbocycles. The van der Waals surface area contributed by atoms with Gasteiger partial charge in [0.1, 0.15) is 0 Å². The third-order valence-electron chi connectivity index (χ3n) is 1.28. The van der Waals surface area contributed by atoms with Gasteiger partial charge in [-0.15, -0.1) is 13.2 Å². The van der Waals surface area contributed by atoms with Gasteiger partial charge in [-0.05, 0) is 6.07 Å². The van der Waals surface area contributed by atoms with E-state index in [2.05, 4.69) is 9.84 Å². The molecule has 13 heavy (non-hydrogen) atoms. The third-order valence-corrected chi connectivity index (χ3v) is 1.28. The number of nitrogens with zero attached hydrogens (tertiary/aromatic N) is 2. The van der Waals surface area contributed by atoms with Gasteiger partial charge in [0.15, 0.2) is 5.69 Å². The number of hydrogen-bond donors (Lipinski definition) is 0. The summed E-state index contributed by atoms with van der Waals surface area (Å²) in [7, 11) is 0.996. The highest BCUT2D eigenvalue weighted by atomic mass is 19.4. The molecule has 0 saturated carbocycles. The van der Waals surface area contributed by atoms with Gasteiger partial charge in [0.05, 0.1) is 13.3 Å². The first kappa shape index (κ1) is 9.56. The molecule has 0 aromatic carbocycles. The molecule has 1 rings (SSSR count). The van der Waals surface area contributed by atoms with E-state index in [0.717, 1.165) is 19.4 Å². The summed E-state index contributed by atoms with van der Waals surface area (Å²) in [5.41, 5.74) is -0.644. The number of hydrogen-bond acceptors (Lipinski definition) is 3. The molecule has 0 spiro atoms.